The van der Waals surface area contributed by atoms with E-state index in [2.05, 4.69) is 30.4 Å². The number of aromatic nitrogens is 1. The van der Waals surface area contributed by atoms with Crippen molar-refractivity contribution in [3.05, 3.63) is 82.3 Å². The lowest BCUT2D eigenvalue weighted by Crippen LogP contribution is -2.15. The molecule has 21 heavy (non-hydrogen) atoms. The van der Waals surface area contributed by atoms with Crippen molar-refractivity contribution in [3.63, 3.8) is 0 Å². The number of benzene rings is 1. The number of allylic oxidation sites excluding steroid dienone is 4. The van der Waals surface area contributed by atoms with Gasteiger partial charge in [-0.2, -0.15) is 0 Å². The molecule has 1 aliphatic rings. The van der Waals surface area contributed by atoms with Crippen LogP contribution in [0.1, 0.15) is 23.7 Å². The Morgan fingerprint density at radius 3 is 2.76 bits per heavy atom. The number of aryl methyl sites for hydroxylation is 1. The van der Waals surface area contributed by atoms with E-state index < -0.39 is 0 Å². The minimum absolute atomic E-state index is 0.108. The summed E-state index contributed by atoms with van der Waals surface area (Å²) in [5, 5.41) is 9.67. The molecule has 1 aliphatic carbocycles. The van der Waals surface area contributed by atoms with E-state index >= 15 is 0 Å². The zero-order chi connectivity index (χ0) is 14.8. The Morgan fingerprint density at radius 1 is 1.24 bits per heavy atom. The van der Waals surface area contributed by atoms with E-state index in [4.69, 9.17) is 0 Å². The molecule has 1 atom stereocenters. The number of aromatic hydroxyl groups is 1. The summed E-state index contributed by atoms with van der Waals surface area (Å²) in [7, 11) is 0. The monoisotopic (exact) mass is 279 g/mol. The third-order valence-corrected chi connectivity index (χ3v) is 3.77. The molecule has 3 rings (SSSR count). The highest BCUT2D eigenvalue weighted by Crippen LogP contribution is 2.28. The van der Waals surface area contributed by atoms with Gasteiger partial charge in [-0.05, 0) is 24.5 Å². The predicted octanol–water partition coefficient (Wildman–Crippen LogP) is 3.45. The fourth-order valence-corrected chi connectivity index (χ4v) is 2.67. The Morgan fingerprint density at radius 2 is 2.00 bits per heavy atom. The zero-order valence-electron chi connectivity index (χ0n) is 11.9. The largest absolute Gasteiger partial charge is 0.503 e. The Bertz CT molecular complexity index is 770. The predicted molar refractivity (Wildman–Crippen MR) is 84.3 cm³/mol. The lowest BCUT2D eigenvalue weighted by Gasteiger charge is -2.22. The van der Waals surface area contributed by atoms with Crippen molar-refractivity contribution in [3.8, 4) is 5.75 Å². The second-order valence-corrected chi connectivity index (χ2v) is 5.27. The molecule has 0 saturated heterocycles. The summed E-state index contributed by atoms with van der Waals surface area (Å²) in [4.78, 5) is 11.5. The van der Waals surface area contributed by atoms with Crippen molar-refractivity contribution in [1.29, 1.82) is 0 Å². The maximum Gasteiger partial charge on any atom is 0.223 e. The van der Waals surface area contributed by atoms with E-state index in [1.807, 2.05) is 29.7 Å². The van der Waals surface area contributed by atoms with Crippen molar-refractivity contribution < 1.29 is 5.11 Å². The molecule has 0 amide bonds. The van der Waals surface area contributed by atoms with Gasteiger partial charge in [-0.1, -0.05) is 48.6 Å². The van der Waals surface area contributed by atoms with Crippen LogP contribution < -0.4 is 5.43 Å². The van der Waals surface area contributed by atoms with Gasteiger partial charge in [0.25, 0.3) is 0 Å². The maximum absolute atomic E-state index is 11.5. The van der Waals surface area contributed by atoms with Crippen LogP contribution in [0.2, 0.25) is 0 Å². The number of nitrogens with zero attached hydrogens (tertiary/aromatic N) is 1. The number of pyridine rings is 1. The molecule has 0 bridgehead atoms. The van der Waals surface area contributed by atoms with Crippen LogP contribution in [-0.4, -0.2) is 9.67 Å². The van der Waals surface area contributed by atoms with Gasteiger partial charge in [0, 0.05) is 11.8 Å². The van der Waals surface area contributed by atoms with Crippen LogP contribution in [0.3, 0.4) is 0 Å². The molecule has 2 aromatic rings. The molecule has 0 radical (unpaired) electrons. The molecule has 3 heteroatoms. The van der Waals surface area contributed by atoms with Crippen LogP contribution in [-0.2, 0) is 0 Å². The summed E-state index contributed by atoms with van der Waals surface area (Å²) in [6, 6.07) is 11.8. The molecular formula is C18H17NO2. The van der Waals surface area contributed by atoms with Gasteiger partial charge < -0.3 is 9.67 Å². The van der Waals surface area contributed by atoms with Gasteiger partial charge in [-0.15, -0.1) is 0 Å². The van der Waals surface area contributed by atoms with Crippen LogP contribution in [0.4, 0.5) is 0 Å². The van der Waals surface area contributed by atoms with Crippen molar-refractivity contribution >= 4 is 5.57 Å². The van der Waals surface area contributed by atoms with Crippen LogP contribution >= 0.6 is 0 Å². The highest BCUT2D eigenvalue weighted by Gasteiger charge is 2.14. The summed E-state index contributed by atoms with van der Waals surface area (Å²) >= 11 is 0. The summed E-state index contributed by atoms with van der Waals surface area (Å²) in [5.74, 6) is -0.204. The molecule has 1 unspecified atom stereocenters. The van der Waals surface area contributed by atoms with E-state index in [0.29, 0.717) is 0 Å². The standard InChI is InChI=1S/C18H17NO2/c1-13-10-17(20)18(21)12-19(13)16-9-5-8-15(11-16)14-6-3-2-4-7-14/h2-8,10-12,16,21H,9H2,1H3. The van der Waals surface area contributed by atoms with Crippen LogP contribution in [0, 0.1) is 6.92 Å². The van der Waals surface area contributed by atoms with E-state index in [1.165, 1.54) is 17.8 Å². The third kappa shape index (κ3) is 2.68. The first-order valence-corrected chi connectivity index (χ1v) is 7.00. The van der Waals surface area contributed by atoms with Crippen LogP contribution in [0.5, 0.6) is 5.75 Å². The molecule has 106 valence electrons. The van der Waals surface area contributed by atoms with Crippen LogP contribution in [0.15, 0.2) is 65.6 Å². The smallest absolute Gasteiger partial charge is 0.223 e. The minimum Gasteiger partial charge on any atom is -0.503 e. The first kappa shape index (κ1) is 13.4. The molecule has 0 saturated carbocycles. The van der Waals surface area contributed by atoms with Gasteiger partial charge >= 0.3 is 0 Å². The Balaban J connectivity index is 2.01. The van der Waals surface area contributed by atoms with Gasteiger partial charge in [0.15, 0.2) is 5.75 Å². The normalized spacial score (nSPS) is 17.6. The summed E-state index contributed by atoms with van der Waals surface area (Å²) < 4.78 is 1.95. The molecule has 0 aliphatic heterocycles. The van der Waals surface area contributed by atoms with E-state index in [0.717, 1.165) is 17.7 Å². The van der Waals surface area contributed by atoms with Gasteiger partial charge in [-0.25, -0.2) is 0 Å². The van der Waals surface area contributed by atoms with E-state index in [-0.39, 0.29) is 17.2 Å². The molecule has 1 aromatic carbocycles. The van der Waals surface area contributed by atoms with Crippen molar-refractivity contribution in [2.75, 3.05) is 0 Å². The average Bonchev–Trinajstić information content (AvgIpc) is 2.52. The number of hydrogen-bond acceptors (Lipinski definition) is 2. The Kier molecular flexibility index (Phi) is 3.48. The topological polar surface area (TPSA) is 42.2 Å². The molecule has 0 spiro atoms. The van der Waals surface area contributed by atoms with Gasteiger partial charge in [0.2, 0.25) is 5.43 Å². The first-order valence-electron chi connectivity index (χ1n) is 7.00. The van der Waals surface area contributed by atoms with Crippen molar-refractivity contribution in [2.24, 2.45) is 0 Å². The fourth-order valence-electron chi connectivity index (χ4n) is 2.67. The average molecular weight is 279 g/mol. The summed E-state index contributed by atoms with van der Waals surface area (Å²) in [6.07, 6.45) is 8.79. The van der Waals surface area contributed by atoms with Gasteiger partial charge in [0.05, 0.1) is 12.2 Å². The third-order valence-electron chi connectivity index (χ3n) is 3.77. The Labute approximate surface area is 123 Å². The lowest BCUT2D eigenvalue weighted by molar-refractivity contribution is 0.454. The lowest BCUT2D eigenvalue weighted by atomic mass is 9.96. The summed E-state index contributed by atoms with van der Waals surface area (Å²) in [5.41, 5.74) is 2.84. The minimum atomic E-state index is -0.331. The van der Waals surface area contributed by atoms with Gasteiger partial charge in [-0.3, -0.25) is 4.79 Å². The van der Waals surface area contributed by atoms with E-state index in [9.17, 15) is 9.90 Å². The molecule has 1 heterocycles. The molecule has 3 nitrogen and oxygen atoms in total. The number of rotatable bonds is 2. The molecule has 0 fully saturated rings. The number of hydrogen-bond donors (Lipinski definition) is 1. The second kappa shape index (κ2) is 5.44. The van der Waals surface area contributed by atoms with Gasteiger partial charge in [0.1, 0.15) is 0 Å². The Hall–Kier alpha value is -2.55. The zero-order valence-corrected chi connectivity index (χ0v) is 11.9. The first-order chi connectivity index (χ1) is 10.1. The highest BCUT2D eigenvalue weighted by atomic mass is 16.3. The van der Waals surface area contributed by atoms with Crippen molar-refractivity contribution in [2.45, 2.75) is 19.4 Å². The van der Waals surface area contributed by atoms with Crippen molar-refractivity contribution in [1.82, 2.24) is 4.57 Å². The maximum atomic E-state index is 11.5. The highest BCUT2D eigenvalue weighted by molar-refractivity contribution is 5.75. The molecular weight excluding hydrogens is 262 g/mol. The van der Waals surface area contributed by atoms with Crippen LogP contribution in [0.25, 0.3) is 5.57 Å². The fraction of sp³-hybridized carbons (Fsp3) is 0.167. The van der Waals surface area contributed by atoms with E-state index in [1.54, 1.807) is 0 Å². The molecule has 1 aromatic heterocycles. The second-order valence-electron chi connectivity index (χ2n) is 5.27. The SMILES string of the molecule is Cc1cc(=O)c(O)cn1C1C=C(c2ccccc2)C=CC1. The molecule has 1 N–H and O–H groups in total. The summed E-state index contributed by atoms with van der Waals surface area (Å²) in [6.45, 7) is 1.88. The quantitative estimate of drug-likeness (QED) is 0.915.